The molecule has 2 nitrogen and oxygen atoms in total. The highest BCUT2D eigenvalue weighted by Gasteiger charge is 2.33. The largest absolute Gasteiger partial charge is 0.385 e. The van der Waals surface area contributed by atoms with Crippen molar-refractivity contribution in [2.24, 2.45) is 0 Å². The normalized spacial score (nSPS) is 24.2. The fraction of sp³-hybridized carbons (Fsp3) is 0.571. The van der Waals surface area contributed by atoms with E-state index in [1.54, 1.807) is 7.11 Å². The molecule has 0 unspecified atom stereocenters. The molecule has 1 N–H and O–H groups in total. The number of hydrogen-bond acceptors (Lipinski definition) is 2. The lowest BCUT2D eigenvalue weighted by atomic mass is 9.72. The maximum absolute atomic E-state index is 6.15. The second-order valence-corrected chi connectivity index (χ2v) is 5.75. The number of ether oxygens (including phenoxy) is 1. The van der Waals surface area contributed by atoms with Crippen LogP contribution in [0, 0.1) is 0 Å². The molecule has 0 bridgehead atoms. The van der Waals surface area contributed by atoms with Gasteiger partial charge in [-0.1, -0.05) is 29.3 Å². The van der Waals surface area contributed by atoms with E-state index in [9.17, 15) is 0 Å². The second kappa shape index (κ2) is 6.25. The van der Waals surface area contributed by atoms with E-state index in [2.05, 4.69) is 11.4 Å². The number of benzene rings is 1. The Morgan fingerprint density at radius 2 is 2.17 bits per heavy atom. The fourth-order valence-electron chi connectivity index (χ4n) is 2.70. The highest BCUT2D eigenvalue weighted by molar-refractivity contribution is 6.42. The van der Waals surface area contributed by atoms with Crippen molar-refractivity contribution in [1.82, 2.24) is 5.32 Å². The van der Waals surface area contributed by atoms with Crippen LogP contribution in [-0.2, 0) is 10.2 Å². The van der Waals surface area contributed by atoms with Crippen LogP contribution in [-0.4, -0.2) is 26.8 Å². The summed E-state index contributed by atoms with van der Waals surface area (Å²) in [6, 6.07) is 5.99. The topological polar surface area (TPSA) is 21.3 Å². The minimum Gasteiger partial charge on any atom is -0.385 e. The predicted molar refractivity (Wildman–Crippen MR) is 76.7 cm³/mol. The maximum atomic E-state index is 6.15. The minimum absolute atomic E-state index is 0.127. The summed E-state index contributed by atoms with van der Waals surface area (Å²) < 4.78 is 5.26. The third kappa shape index (κ3) is 3.00. The summed E-state index contributed by atoms with van der Waals surface area (Å²) in [6.07, 6.45) is 3.36. The highest BCUT2D eigenvalue weighted by Crippen LogP contribution is 2.37. The van der Waals surface area contributed by atoms with Gasteiger partial charge in [-0.05, 0) is 43.5 Å². The summed E-state index contributed by atoms with van der Waals surface area (Å²) in [5.74, 6) is 0. The molecule has 0 saturated carbocycles. The smallest absolute Gasteiger partial charge is 0.0595 e. The van der Waals surface area contributed by atoms with E-state index in [4.69, 9.17) is 27.9 Å². The number of hydrogen-bond donors (Lipinski definition) is 1. The van der Waals surface area contributed by atoms with E-state index >= 15 is 0 Å². The molecule has 1 aromatic carbocycles. The van der Waals surface area contributed by atoms with E-state index in [1.807, 2.05) is 12.1 Å². The number of rotatable bonds is 4. The van der Waals surface area contributed by atoms with Crippen molar-refractivity contribution in [3.05, 3.63) is 33.8 Å². The zero-order valence-corrected chi connectivity index (χ0v) is 12.2. The average molecular weight is 288 g/mol. The van der Waals surface area contributed by atoms with Gasteiger partial charge in [0.2, 0.25) is 0 Å². The third-order valence-electron chi connectivity index (χ3n) is 3.79. The number of methoxy groups -OCH3 is 1. The van der Waals surface area contributed by atoms with Gasteiger partial charge in [-0.15, -0.1) is 0 Å². The van der Waals surface area contributed by atoms with Crippen LogP contribution < -0.4 is 5.32 Å². The third-order valence-corrected chi connectivity index (χ3v) is 4.53. The van der Waals surface area contributed by atoms with Crippen LogP contribution in [0.3, 0.4) is 0 Å². The van der Waals surface area contributed by atoms with Crippen molar-refractivity contribution in [3.63, 3.8) is 0 Å². The first-order chi connectivity index (χ1) is 8.68. The first-order valence-electron chi connectivity index (χ1n) is 6.33. The molecule has 2 rings (SSSR count). The molecule has 1 atom stereocenters. The van der Waals surface area contributed by atoms with Gasteiger partial charge >= 0.3 is 0 Å². The highest BCUT2D eigenvalue weighted by atomic mass is 35.5. The Morgan fingerprint density at radius 3 is 2.78 bits per heavy atom. The molecule has 1 fully saturated rings. The van der Waals surface area contributed by atoms with Crippen LogP contribution in [0.1, 0.15) is 24.8 Å². The molecule has 0 spiro atoms. The van der Waals surface area contributed by atoms with E-state index in [1.165, 1.54) is 18.4 Å². The van der Waals surface area contributed by atoms with Crippen molar-refractivity contribution in [2.45, 2.75) is 24.7 Å². The molecule has 18 heavy (non-hydrogen) atoms. The summed E-state index contributed by atoms with van der Waals surface area (Å²) in [4.78, 5) is 0. The zero-order chi connectivity index (χ0) is 13.0. The number of nitrogens with one attached hydrogen (secondary N) is 1. The van der Waals surface area contributed by atoms with Gasteiger partial charge in [-0.25, -0.2) is 0 Å². The SMILES string of the molecule is COCC[C@]1(c2ccc(Cl)c(Cl)c2)CCCNC1. The van der Waals surface area contributed by atoms with Crippen LogP contribution >= 0.6 is 23.2 Å². The van der Waals surface area contributed by atoms with Crippen LogP contribution in [0.25, 0.3) is 0 Å². The van der Waals surface area contributed by atoms with Crippen LogP contribution in [0.2, 0.25) is 10.0 Å². The molecular formula is C14H19Cl2NO. The fourth-order valence-corrected chi connectivity index (χ4v) is 2.99. The lowest BCUT2D eigenvalue weighted by molar-refractivity contribution is 0.153. The Labute approximate surface area is 119 Å². The summed E-state index contributed by atoms with van der Waals surface area (Å²) >= 11 is 12.1. The van der Waals surface area contributed by atoms with E-state index in [-0.39, 0.29) is 5.41 Å². The molecule has 0 aliphatic carbocycles. The van der Waals surface area contributed by atoms with Crippen LogP contribution in [0.4, 0.5) is 0 Å². The van der Waals surface area contributed by atoms with E-state index in [0.29, 0.717) is 10.0 Å². The Balaban J connectivity index is 2.29. The lowest BCUT2D eigenvalue weighted by Gasteiger charge is -2.38. The van der Waals surface area contributed by atoms with Crippen LogP contribution in [0.5, 0.6) is 0 Å². The quantitative estimate of drug-likeness (QED) is 0.913. The molecule has 0 radical (unpaired) electrons. The lowest BCUT2D eigenvalue weighted by Crippen LogP contribution is -2.44. The Hall–Kier alpha value is -0.280. The van der Waals surface area contributed by atoms with Gasteiger partial charge in [0.1, 0.15) is 0 Å². The first kappa shape index (κ1) is 14.1. The standard InChI is InChI=1S/C14H19Cl2NO/c1-18-8-6-14(5-2-7-17-10-14)11-3-4-12(15)13(16)9-11/h3-4,9,17H,2,5-8,10H2,1H3/t14-/m1/s1. The Kier molecular flexibility index (Phi) is 4.91. The van der Waals surface area contributed by atoms with Crippen molar-refractivity contribution in [2.75, 3.05) is 26.8 Å². The molecule has 100 valence electrons. The number of halogens is 2. The summed E-state index contributed by atoms with van der Waals surface area (Å²) in [5.41, 5.74) is 1.39. The van der Waals surface area contributed by atoms with Gasteiger partial charge in [0.15, 0.2) is 0 Å². The van der Waals surface area contributed by atoms with Gasteiger partial charge < -0.3 is 10.1 Å². The Morgan fingerprint density at radius 1 is 1.33 bits per heavy atom. The molecule has 0 aromatic heterocycles. The Bertz CT molecular complexity index is 403. The first-order valence-corrected chi connectivity index (χ1v) is 7.09. The molecule has 4 heteroatoms. The van der Waals surface area contributed by atoms with Crippen molar-refractivity contribution in [1.29, 1.82) is 0 Å². The van der Waals surface area contributed by atoms with Gasteiger partial charge in [-0.2, -0.15) is 0 Å². The molecular weight excluding hydrogens is 269 g/mol. The summed E-state index contributed by atoms with van der Waals surface area (Å²) in [7, 11) is 1.75. The van der Waals surface area contributed by atoms with E-state index < -0.39 is 0 Å². The molecule has 1 heterocycles. The average Bonchev–Trinajstić information content (AvgIpc) is 2.40. The van der Waals surface area contributed by atoms with Crippen molar-refractivity contribution < 1.29 is 4.74 Å². The van der Waals surface area contributed by atoms with Gasteiger partial charge in [0.05, 0.1) is 10.0 Å². The molecule has 1 aliphatic rings. The molecule has 1 aromatic rings. The van der Waals surface area contributed by atoms with E-state index in [0.717, 1.165) is 26.1 Å². The minimum atomic E-state index is 0.127. The van der Waals surface area contributed by atoms with Crippen LogP contribution in [0.15, 0.2) is 18.2 Å². The maximum Gasteiger partial charge on any atom is 0.0595 e. The summed E-state index contributed by atoms with van der Waals surface area (Å²) in [6.45, 7) is 2.84. The predicted octanol–water partition coefficient (Wildman–Crippen LogP) is 3.65. The van der Waals surface area contributed by atoms with Gasteiger partial charge in [-0.3, -0.25) is 0 Å². The molecule has 0 amide bonds. The number of piperidine rings is 1. The van der Waals surface area contributed by atoms with Gasteiger partial charge in [0.25, 0.3) is 0 Å². The van der Waals surface area contributed by atoms with Gasteiger partial charge in [0, 0.05) is 25.7 Å². The molecule has 1 aliphatic heterocycles. The van der Waals surface area contributed by atoms with Crippen molar-refractivity contribution in [3.8, 4) is 0 Å². The zero-order valence-electron chi connectivity index (χ0n) is 10.6. The molecule has 1 saturated heterocycles. The van der Waals surface area contributed by atoms with Crippen molar-refractivity contribution >= 4 is 23.2 Å². The summed E-state index contributed by atoms with van der Waals surface area (Å²) in [5, 5.41) is 4.74. The second-order valence-electron chi connectivity index (χ2n) is 4.93. The monoisotopic (exact) mass is 287 g/mol.